The van der Waals surface area contributed by atoms with E-state index in [1.165, 1.54) is 15.6 Å². The van der Waals surface area contributed by atoms with Crippen LogP contribution in [0.15, 0.2) is 59.5 Å². The molecular weight excluding hydrogens is 468 g/mol. The smallest absolute Gasteiger partial charge is 0.243 e. The molecule has 6 nitrogen and oxygen atoms in total. The lowest BCUT2D eigenvalue weighted by molar-refractivity contribution is -0.120. The standard InChI is InChI=1S/C23H19F2N3O3S2/c24-18-7-6-16(13-19(18)25)33(30,31)28-11-9-15(10-12-28)22(29)27-23-26-20-8-5-14-3-1-2-4-17(14)21(20)32-23/h1-8,13,15H,9-12H2,(H,26,27,29). The van der Waals surface area contributed by atoms with Gasteiger partial charge in [0.15, 0.2) is 16.8 Å². The highest BCUT2D eigenvalue weighted by molar-refractivity contribution is 7.89. The van der Waals surface area contributed by atoms with Crippen molar-refractivity contribution in [3.8, 4) is 0 Å². The van der Waals surface area contributed by atoms with Gasteiger partial charge in [0.25, 0.3) is 0 Å². The monoisotopic (exact) mass is 487 g/mol. The van der Waals surface area contributed by atoms with Gasteiger partial charge in [0, 0.05) is 24.4 Å². The van der Waals surface area contributed by atoms with E-state index in [1.54, 1.807) is 0 Å². The summed E-state index contributed by atoms with van der Waals surface area (Å²) in [5.41, 5.74) is 0.807. The maximum absolute atomic E-state index is 13.5. The van der Waals surface area contributed by atoms with Crippen LogP contribution in [0.1, 0.15) is 12.8 Å². The van der Waals surface area contributed by atoms with Gasteiger partial charge in [-0.05, 0) is 42.5 Å². The highest BCUT2D eigenvalue weighted by atomic mass is 32.2. The number of anilines is 1. The van der Waals surface area contributed by atoms with Gasteiger partial charge in [0.1, 0.15) is 0 Å². The second-order valence-corrected chi connectivity index (χ2v) is 10.8. The molecule has 0 spiro atoms. The van der Waals surface area contributed by atoms with E-state index in [4.69, 9.17) is 0 Å². The number of carbonyl (C=O) groups excluding carboxylic acids is 1. The number of rotatable bonds is 4. The lowest BCUT2D eigenvalue weighted by Gasteiger charge is -2.30. The maximum atomic E-state index is 13.5. The number of benzene rings is 3. The second-order valence-electron chi connectivity index (χ2n) is 7.90. The first-order valence-electron chi connectivity index (χ1n) is 10.4. The molecule has 2 heterocycles. The molecule has 5 rings (SSSR count). The predicted molar refractivity (Wildman–Crippen MR) is 124 cm³/mol. The zero-order valence-corrected chi connectivity index (χ0v) is 18.9. The Morgan fingerprint density at radius 2 is 1.79 bits per heavy atom. The number of nitrogens with one attached hydrogen (secondary N) is 1. The lowest BCUT2D eigenvalue weighted by Crippen LogP contribution is -2.41. The van der Waals surface area contributed by atoms with E-state index in [1.807, 2.05) is 36.4 Å². The van der Waals surface area contributed by atoms with E-state index < -0.39 is 21.7 Å². The SMILES string of the molecule is O=C(Nc1nc2ccc3ccccc3c2s1)C1CCN(S(=O)(=O)c2ccc(F)c(F)c2)CC1. The topological polar surface area (TPSA) is 79.4 Å². The van der Waals surface area contributed by atoms with Crippen LogP contribution in [-0.2, 0) is 14.8 Å². The first-order valence-corrected chi connectivity index (χ1v) is 12.6. The molecule has 0 unspecified atom stereocenters. The van der Waals surface area contributed by atoms with E-state index in [2.05, 4.69) is 10.3 Å². The molecule has 0 bridgehead atoms. The molecule has 0 aliphatic carbocycles. The summed E-state index contributed by atoms with van der Waals surface area (Å²) in [5, 5.41) is 5.55. The lowest BCUT2D eigenvalue weighted by atomic mass is 9.97. The van der Waals surface area contributed by atoms with Crippen molar-refractivity contribution in [2.45, 2.75) is 17.7 Å². The van der Waals surface area contributed by atoms with Crippen molar-refractivity contribution < 1.29 is 22.0 Å². The van der Waals surface area contributed by atoms with Crippen molar-refractivity contribution in [1.29, 1.82) is 0 Å². The molecule has 33 heavy (non-hydrogen) atoms. The van der Waals surface area contributed by atoms with Crippen molar-refractivity contribution in [3.05, 3.63) is 66.2 Å². The molecule has 1 saturated heterocycles. The Bertz CT molecular complexity index is 1480. The average molecular weight is 488 g/mol. The molecule has 1 aromatic heterocycles. The zero-order valence-electron chi connectivity index (χ0n) is 17.3. The number of fused-ring (bicyclic) bond motifs is 3. The van der Waals surface area contributed by atoms with Crippen LogP contribution in [0.2, 0.25) is 0 Å². The molecule has 1 amide bonds. The fourth-order valence-corrected chi connectivity index (χ4v) is 6.55. The van der Waals surface area contributed by atoms with E-state index in [0.29, 0.717) is 24.0 Å². The number of amides is 1. The Morgan fingerprint density at radius 3 is 2.55 bits per heavy atom. The molecule has 1 aliphatic heterocycles. The molecule has 170 valence electrons. The van der Waals surface area contributed by atoms with Crippen LogP contribution < -0.4 is 5.32 Å². The molecule has 0 radical (unpaired) electrons. The number of hydrogen-bond acceptors (Lipinski definition) is 5. The Kier molecular flexibility index (Phi) is 5.59. The predicted octanol–water partition coefficient (Wildman–Crippen LogP) is 4.77. The maximum Gasteiger partial charge on any atom is 0.243 e. The number of carbonyl (C=O) groups is 1. The van der Waals surface area contributed by atoms with E-state index >= 15 is 0 Å². The van der Waals surface area contributed by atoms with Gasteiger partial charge in [-0.1, -0.05) is 41.7 Å². The van der Waals surface area contributed by atoms with Gasteiger partial charge >= 0.3 is 0 Å². The summed E-state index contributed by atoms with van der Waals surface area (Å²) < 4.78 is 54.4. The van der Waals surface area contributed by atoms with Crippen LogP contribution in [0.3, 0.4) is 0 Å². The van der Waals surface area contributed by atoms with E-state index in [-0.39, 0.29) is 29.8 Å². The largest absolute Gasteiger partial charge is 0.302 e. The number of piperidine rings is 1. The van der Waals surface area contributed by atoms with Crippen molar-refractivity contribution in [2.24, 2.45) is 5.92 Å². The van der Waals surface area contributed by atoms with Gasteiger partial charge in [0.05, 0.1) is 15.1 Å². The first-order chi connectivity index (χ1) is 15.8. The van der Waals surface area contributed by atoms with Crippen LogP contribution in [0.4, 0.5) is 13.9 Å². The highest BCUT2D eigenvalue weighted by Crippen LogP contribution is 2.33. The third-order valence-corrected chi connectivity index (χ3v) is 8.78. The number of halogens is 2. The molecule has 10 heteroatoms. The Hall–Kier alpha value is -2.95. The zero-order chi connectivity index (χ0) is 23.2. The minimum Gasteiger partial charge on any atom is -0.302 e. The van der Waals surface area contributed by atoms with Gasteiger partial charge in [-0.25, -0.2) is 22.2 Å². The molecular formula is C23H19F2N3O3S2. The van der Waals surface area contributed by atoms with Crippen LogP contribution in [-0.4, -0.2) is 36.7 Å². The van der Waals surface area contributed by atoms with Gasteiger partial charge in [0.2, 0.25) is 15.9 Å². The van der Waals surface area contributed by atoms with Gasteiger partial charge in [-0.15, -0.1) is 0 Å². The minimum absolute atomic E-state index is 0.115. The number of sulfonamides is 1. The quantitative estimate of drug-likeness (QED) is 0.450. The third kappa shape index (κ3) is 4.09. The molecule has 0 saturated carbocycles. The Labute approximate surface area is 192 Å². The summed E-state index contributed by atoms with van der Waals surface area (Å²) in [6.07, 6.45) is 0.644. The second kappa shape index (κ2) is 8.44. The van der Waals surface area contributed by atoms with Crippen molar-refractivity contribution >= 4 is 53.4 Å². The van der Waals surface area contributed by atoms with Crippen molar-refractivity contribution in [1.82, 2.24) is 9.29 Å². The summed E-state index contributed by atoms with van der Waals surface area (Å²) in [7, 11) is -3.96. The van der Waals surface area contributed by atoms with E-state index in [9.17, 15) is 22.0 Å². The molecule has 4 aromatic rings. The third-order valence-electron chi connectivity index (χ3n) is 5.86. The van der Waals surface area contributed by atoms with Crippen LogP contribution in [0.5, 0.6) is 0 Å². The van der Waals surface area contributed by atoms with Crippen molar-refractivity contribution in [3.63, 3.8) is 0 Å². The molecule has 0 atom stereocenters. The first kappa shape index (κ1) is 21.9. The Balaban J connectivity index is 1.27. The van der Waals surface area contributed by atoms with Gasteiger partial charge in [-0.2, -0.15) is 4.31 Å². The number of hydrogen-bond donors (Lipinski definition) is 1. The molecule has 1 fully saturated rings. The molecule has 3 aromatic carbocycles. The Morgan fingerprint density at radius 1 is 1.03 bits per heavy atom. The summed E-state index contributed by atoms with van der Waals surface area (Å²) in [4.78, 5) is 17.0. The van der Waals surface area contributed by atoms with Crippen LogP contribution in [0, 0.1) is 17.6 Å². The highest BCUT2D eigenvalue weighted by Gasteiger charge is 2.32. The van der Waals surface area contributed by atoms with Crippen molar-refractivity contribution in [2.75, 3.05) is 18.4 Å². The summed E-state index contributed by atoms with van der Waals surface area (Å²) in [6.45, 7) is 0.230. The minimum atomic E-state index is -3.96. The fourth-order valence-electron chi connectivity index (χ4n) is 4.06. The summed E-state index contributed by atoms with van der Waals surface area (Å²) >= 11 is 1.41. The number of aromatic nitrogens is 1. The summed E-state index contributed by atoms with van der Waals surface area (Å²) in [6, 6.07) is 14.4. The van der Waals surface area contributed by atoms with Crippen LogP contribution >= 0.6 is 11.3 Å². The van der Waals surface area contributed by atoms with E-state index in [0.717, 1.165) is 33.1 Å². The van der Waals surface area contributed by atoms with Gasteiger partial charge in [-0.3, -0.25) is 4.79 Å². The average Bonchev–Trinajstić information content (AvgIpc) is 3.24. The molecule has 1 N–H and O–H groups in total. The number of nitrogens with zero attached hydrogens (tertiary/aromatic N) is 2. The fraction of sp³-hybridized carbons (Fsp3) is 0.217. The normalized spacial score (nSPS) is 15.8. The summed E-state index contributed by atoms with van der Waals surface area (Å²) in [5.74, 6) is -2.89. The number of thiazole rings is 1. The van der Waals surface area contributed by atoms with Gasteiger partial charge < -0.3 is 5.32 Å². The molecule has 1 aliphatic rings. The van der Waals surface area contributed by atoms with Crippen LogP contribution in [0.25, 0.3) is 21.0 Å².